The van der Waals surface area contributed by atoms with Gasteiger partial charge in [0.05, 0.1) is 4.92 Å². The molecule has 1 aromatic rings. The molecule has 5 nitrogen and oxygen atoms in total. The molecule has 0 aliphatic carbocycles. The molecule has 5 heteroatoms. The molecule has 27 heavy (non-hydrogen) atoms. The van der Waals surface area contributed by atoms with Crippen molar-refractivity contribution >= 4 is 11.8 Å². The van der Waals surface area contributed by atoms with Crippen LogP contribution in [0.2, 0.25) is 0 Å². The topological polar surface area (TPSA) is 58.4 Å². The van der Waals surface area contributed by atoms with Gasteiger partial charge in [-0.3, -0.25) is 10.1 Å². The van der Waals surface area contributed by atoms with Crippen molar-refractivity contribution in [3.63, 3.8) is 0 Å². The van der Waals surface area contributed by atoms with Crippen molar-refractivity contribution < 1.29 is 4.92 Å². The molecule has 0 bridgehead atoms. The highest BCUT2D eigenvalue weighted by atomic mass is 16.6. The van der Waals surface area contributed by atoms with Crippen molar-refractivity contribution in [2.75, 3.05) is 31.1 Å². The lowest BCUT2D eigenvalue weighted by Gasteiger charge is -2.29. The second-order valence-electron chi connectivity index (χ2n) is 6.47. The quantitative estimate of drug-likeness (QED) is 0.443. The van der Waals surface area contributed by atoms with Crippen LogP contribution in [0.4, 0.5) is 5.69 Å². The van der Waals surface area contributed by atoms with Crippen LogP contribution in [0.5, 0.6) is 0 Å². The molecule has 0 radical (unpaired) electrons. The Hall–Kier alpha value is -2.92. The molecule has 1 fully saturated rings. The predicted molar refractivity (Wildman–Crippen MR) is 113 cm³/mol. The first-order valence-corrected chi connectivity index (χ1v) is 9.12. The van der Waals surface area contributed by atoms with E-state index in [2.05, 4.69) is 46.6 Å². The van der Waals surface area contributed by atoms with Crippen LogP contribution in [0.3, 0.4) is 0 Å². The number of piperazine rings is 1. The Morgan fingerprint density at radius 3 is 2.22 bits per heavy atom. The smallest absolute Gasteiger partial charge is 0.234 e. The second-order valence-corrected chi connectivity index (χ2v) is 6.47. The van der Waals surface area contributed by atoms with Crippen LogP contribution in [-0.2, 0) is 0 Å². The molecule has 142 valence electrons. The average molecular weight is 365 g/mol. The summed E-state index contributed by atoms with van der Waals surface area (Å²) in [4.78, 5) is 12.2. The average Bonchev–Trinajstić information content (AvgIpc) is 2.69. The van der Waals surface area contributed by atoms with Gasteiger partial charge in [-0.25, -0.2) is 0 Å². The van der Waals surface area contributed by atoms with Crippen LogP contribution in [0.1, 0.15) is 19.4 Å². The lowest BCUT2D eigenvalue weighted by Crippen LogP contribution is -2.43. The van der Waals surface area contributed by atoms with Crippen LogP contribution >= 0.6 is 0 Å². The highest BCUT2D eigenvalue weighted by molar-refractivity contribution is 5.58. The maximum absolute atomic E-state index is 10.3. The van der Waals surface area contributed by atoms with E-state index in [0.29, 0.717) is 0 Å². The van der Waals surface area contributed by atoms with Crippen molar-refractivity contribution in [2.24, 2.45) is 0 Å². The van der Waals surface area contributed by atoms with Gasteiger partial charge >= 0.3 is 0 Å². The number of rotatable bonds is 7. The van der Waals surface area contributed by atoms with Gasteiger partial charge in [0.25, 0.3) is 0 Å². The van der Waals surface area contributed by atoms with Crippen LogP contribution in [0.25, 0.3) is 6.08 Å². The fourth-order valence-electron chi connectivity index (χ4n) is 2.65. The van der Waals surface area contributed by atoms with Crippen molar-refractivity contribution in [1.82, 2.24) is 5.32 Å². The Morgan fingerprint density at radius 2 is 1.63 bits per heavy atom. The number of allylic oxidation sites excluding steroid dienone is 8. The Bertz CT molecular complexity index is 765. The lowest BCUT2D eigenvalue weighted by atomic mass is 10.1. The highest BCUT2D eigenvalue weighted by Gasteiger charge is 2.09. The molecule has 1 heterocycles. The van der Waals surface area contributed by atoms with E-state index in [-0.39, 0.29) is 0 Å². The zero-order valence-corrected chi connectivity index (χ0v) is 16.0. The minimum Gasteiger partial charge on any atom is -0.369 e. The summed E-state index contributed by atoms with van der Waals surface area (Å²) < 4.78 is 0. The first kappa shape index (κ1) is 20.4. The number of hydrogen-bond acceptors (Lipinski definition) is 4. The molecule has 2 rings (SSSR count). The summed E-state index contributed by atoms with van der Waals surface area (Å²) >= 11 is 0. The predicted octanol–water partition coefficient (Wildman–Crippen LogP) is 4.35. The van der Waals surface area contributed by atoms with Gasteiger partial charge < -0.3 is 10.2 Å². The van der Waals surface area contributed by atoms with Gasteiger partial charge in [-0.15, -0.1) is 0 Å². The Morgan fingerprint density at radius 1 is 1.04 bits per heavy atom. The lowest BCUT2D eigenvalue weighted by molar-refractivity contribution is -0.402. The monoisotopic (exact) mass is 365 g/mol. The highest BCUT2D eigenvalue weighted by Crippen LogP contribution is 2.17. The van der Waals surface area contributed by atoms with E-state index in [9.17, 15) is 10.1 Å². The fourth-order valence-corrected chi connectivity index (χ4v) is 2.65. The zero-order chi connectivity index (χ0) is 19.5. The summed E-state index contributed by atoms with van der Waals surface area (Å²) in [5, 5.41) is 13.6. The van der Waals surface area contributed by atoms with E-state index < -0.39 is 4.92 Å². The first-order chi connectivity index (χ1) is 13.0. The van der Waals surface area contributed by atoms with Gasteiger partial charge in [0.1, 0.15) is 0 Å². The number of nitrogens with zero attached hydrogens (tertiary/aromatic N) is 2. The number of benzene rings is 1. The Kier molecular flexibility index (Phi) is 8.26. The molecule has 0 aromatic heterocycles. The first-order valence-electron chi connectivity index (χ1n) is 9.12. The van der Waals surface area contributed by atoms with Crippen molar-refractivity contribution in [2.45, 2.75) is 13.8 Å². The Labute approximate surface area is 161 Å². The summed E-state index contributed by atoms with van der Waals surface area (Å²) in [5.74, 6) is 0. The minimum absolute atomic E-state index is 0.466. The second kappa shape index (κ2) is 10.9. The molecule has 0 saturated carbocycles. The number of anilines is 1. The number of nitrogens with one attached hydrogen (secondary N) is 1. The SMILES string of the molecule is CC(/C=C/c1ccc(N2CCNCC2)cc1)=C\C=C\C=C(C)\C=C\[N+](=O)[O-]. The molecule has 0 spiro atoms. The number of hydrogen-bond donors (Lipinski definition) is 1. The normalized spacial score (nSPS) is 16.7. The molecule has 0 amide bonds. The molecular formula is C22H27N3O2. The molecular weight excluding hydrogens is 338 g/mol. The minimum atomic E-state index is -0.466. The van der Waals surface area contributed by atoms with Crippen LogP contribution < -0.4 is 10.2 Å². The van der Waals surface area contributed by atoms with E-state index in [0.717, 1.165) is 43.5 Å². The van der Waals surface area contributed by atoms with E-state index in [1.54, 1.807) is 0 Å². The van der Waals surface area contributed by atoms with Gasteiger partial charge in [-0.05, 0) is 37.1 Å². The summed E-state index contributed by atoms with van der Waals surface area (Å²) in [6, 6.07) is 8.64. The third-order valence-corrected chi connectivity index (χ3v) is 4.20. The molecule has 0 atom stereocenters. The molecule has 1 saturated heterocycles. The van der Waals surface area contributed by atoms with E-state index in [4.69, 9.17) is 0 Å². The fraction of sp³-hybridized carbons (Fsp3) is 0.273. The van der Waals surface area contributed by atoms with Gasteiger partial charge in [0, 0.05) is 37.9 Å². The van der Waals surface area contributed by atoms with Crippen LogP contribution in [-0.4, -0.2) is 31.1 Å². The summed E-state index contributed by atoms with van der Waals surface area (Å²) in [5.41, 5.74) is 4.40. The molecule has 1 aliphatic heterocycles. The molecule has 1 aliphatic rings. The third kappa shape index (κ3) is 7.88. The largest absolute Gasteiger partial charge is 0.369 e. The van der Waals surface area contributed by atoms with Gasteiger partial charge in [-0.1, -0.05) is 54.2 Å². The maximum Gasteiger partial charge on any atom is 0.234 e. The van der Waals surface area contributed by atoms with Crippen molar-refractivity contribution in [3.8, 4) is 0 Å². The summed E-state index contributed by atoms with van der Waals surface area (Å²) in [6.07, 6.45) is 14.2. The summed E-state index contributed by atoms with van der Waals surface area (Å²) in [6.45, 7) is 8.06. The van der Waals surface area contributed by atoms with E-state index >= 15 is 0 Å². The zero-order valence-electron chi connectivity index (χ0n) is 16.0. The van der Waals surface area contributed by atoms with Crippen LogP contribution in [0.15, 0.2) is 78.1 Å². The third-order valence-electron chi connectivity index (χ3n) is 4.20. The summed E-state index contributed by atoms with van der Waals surface area (Å²) in [7, 11) is 0. The molecule has 1 aromatic carbocycles. The maximum atomic E-state index is 10.3. The number of nitro groups is 1. The van der Waals surface area contributed by atoms with E-state index in [1.807, 2.05) is 38.2 Å². The molecule has 0 unspecified atom stereocenters. The van der Waals surface area contributed by atoms with Gasteiger partial charge in [0.2, 0.25) is 6.20 Å². The molecule has 1 N–H and O–H groups in total. The van der Waals surface area contributed by atoms with Crippen molar-refractivity contribution in [3.05, 3.63) is 93.7 Å². The van der Waals surface area contributed by atoms with Crippen LogP contribution in [0, 0.1) is 10.1 Å². The standard InChI is InChI=1S/C22H27N3O2/c1-19(5-3-4-6-20(2)13-16-25(26)27)7-8-21-9-11-22(12-10-21)24-17-14-23-15-18-24/h3-13,16,23H,14-15,17-18H2,1-2H3/b4-3+,8-7+,16-13+,19-5+,20-6+. The van der Waals surface area contributed by atoms with Crippen molar-refractivity contribution in [1.29, 1.82) is 0 Å². The Balaban J connectivity index is 1.88. The van der Waals surface area contributed by atoms with Gasteiger partial charge in [0.15, 0.2) is 0 Å². The van der Waals surface area contributed by atoms with Gasteiger partial charge in [-0.2, -0.15) is 0 Å². The van der Waals surface area contributed by atoms with E-state index in [1.165, 1.54) is 17.3 Å².